The summed E-state index contributed by atoms with van der Waals surface area (Å²) in [5.74, 6) is -4.09. The summed E-state index contributed by atoms with van der Waals surface area (Å²) in [6.45, 7) is 2.08. The van der Waals surface area contributed by atoms with Crippen LogP contribution in [-0.2, 0) is 9.53 Å². The molecule has 4 rings (SSSR count). The summed E-state index contributed by atoms with van der Waals surface area (Å²) in [4.78, 5) is 17.3. The molecule has 3 aromatic rings. The van der Waals surface area contributed by atoms with Crippen LogP contribution in [0.4, 0.5) is 14.5 Å². The molecule has 4 N–H and O–H groups in total. The number of aromatic hydroxyl groups is 1. The molecule has 212 valence electrons. The highest BCUT2D eigenvalue weighted by Gasteiger charge is 2.29. The second kappa shape index (κ2) is 12.2. The van der Waals surface area contributed by atoms with E-state index < -0.39 is 41.0 Å². The van der Waals surface area contributed by atoms with Gasteiger partial charge >= 0.3 is 0 Å². The summed E-state index contributed by atoms with van der Waals surface area (Å²) in [5, 5.41) is 17.9. The smallest absolute Gasteiger partial charge is 0.263 e. The molecular formula is C29H26F2N4O6. The van der Waals surface area contributed by atoms with E-state index in [0.29, 0.717) is 12.4 Å². The molecule has 0 aliphatic heterocycles. The molecule has 1 aromatic heterocycles. The summed E-state index contributed by atoms with van der Waals surface area (Å²) in [6, 6.07) is 10.3. The molecule has 1 heterocycles. The molecule has 12 heteroatoms. The first kappa shape index (κ1) is 28.7. The predicted molar refractivity (Wildman–Crippen MR) is 147 cm³/mol. The first-order valence-electron chi connectivity index (χ1n) is 12.2. The van der Waals surface area contributed by atoms with Crippen LogP contribution in [0.15, 0.2) is 72.0 Å². The minimum absolute atomic E-state index is 0.0815. The first-order valence-corrected chi connectivity index (χ1v) is 12.2. The van der Waals surface area contributed by atoms with Crippen molar-refractivity contribution in [3.05, 3.63) is 89.2 Å². The zero-order valence-electron chi connectivity index (χ0n) is 22.3. The fourth-order valence-electron chi connectivity index (χ4n) is 3.67. The molecule has 10 nitrogen and oxygen atoms in total. The number of halogens is 2. The highest BCUT2D eigenvalue weighted by molar-refractivity contribution is 5.95. The molecule has 1 atom stereocenters. The Labute approximate surface area is 234 Å². The van der Waals surface area contributed by atoms with Crippen LogP contribution in [0.25, 0.3) is 0 Å². The van der Waals surface area contributed by atoms with Gasteiger partial charge in [-0.15, -0.1) is 0 Å². The normalized spacial score (nSPS) is 14.1. The number of rotatable bonds is 10. The Bertz CT molecular complexity index is 1600. The van der Waals surface area contributed by atoms with Crippen molar-refractivity contribution >= 4 is 17.5 Å². The lowest BCUT2D eigenvalue weighted by atomic mass is 10.1. The van der Waals surface area contributed by atoms with Gasteiger partial charge in [-0.2, -0.15) is 13.8 Å². The highest BCUT2D eigenvalue weighted by Crippen LogP contribution is 2.40. The molecule has 0 saturated carbocycles. The minimum atomic E-state index is -1.39. The Balaban J connectivity index is 1.79. The molecule has 1 unspecified atom stereocenters. The van der Waals surface area contributed by atoms with E-state index in [0.717, 1.165) is 5.69 Å². The zero-order valence-corrected chi connectivity index (χ0v) is 22.3. The van der Waals surface area contributed by atoms with Gasteiger partial charge in [-0.3, -0.25) is 5.41 Å². The van der Waals surface area contributed by atoms with Crippen LogP contribution in [-0.4, -0.2) is 48.7 Å². The van der Waals surface area contributed by atoms with Crippen molar-refractivity contribution in [2.45, 2.75) is 13.0 Å². The van der Waals surface area contributed by atoms with Crippen molar-refractivity contribution < 1.29 is 37.6 Å². The van der Waals surface area contributed by atoms with Gasteiger partial charge in [-0.1, -0.05) is 6.07 Å². The number of nitrogens with two attached hydrogens (primary N) is 1. The van der Waals surface area contributed by atoms with Crippen molar-refractivity contribution in [3.63, 3.8) is 0 Å². The number of benzene rings is 2. The van der Waals surface area contributed by atoms with Crippen LogP contribution < -0.4 is 24.8 Å². The third kappa shape index (κ3) is 6.45. The van der Waals surface area contributed by atoms with E-state index in [-0.39, 0.29) is 28.5 Å². The lowest BCUT2D eigenvalue weighted by Gasteiger charge is -2.21. The fourth-order valence-corrected chi connectivity index (χ4v) is 3.67. The lowest BCUT2D eigenvalue weighted by molar-refractivity contribution is 0.226. The Kier molecular flexibility index (Phi) is 8.54. The maximum atomic E-state index is 15.7. The summed E-state index contributed by atoms with van der Waals surface area (Å²) in [5.41, 5.74) is 6.33. The van der Waals surface area contributed by atoms with Crippen molar-refractivity contribution in [3.8, 4) is 34.8 Å². The number of nitrogens with one attached hydrogen (secondary N) is 1. The van der Waals surface area contributed by atoms with Gasteiger partial charge in [0.2, 0.25) is 17.4 Å². The Morgan fingerprint density at radius 2 is 1.88 bits per heavy atom. The number of allylic oxidation sites excluding steroid dienone is 1. The molecular weight excluding hydrogens is 538 g/mol. The number of hydrogen-bond donors (Lipinski definition) is 3. The average molecular weight is 565 g/mol. The van der Waals surface area contributed by atoms with Gasteiger partial charge in [-0.25, -0.2) is 4.79 Å². The van der Waals surface area contributed by atoms with Crippen molar-refractivity contribution in [2.75, 3.05) is 25.6 Å². The average Bonchev–Trinajstić information content (AvgIpc) is 2.95. The largest absolute Gasteiger partial charge is 0.504 e. The number of carbonyl (C=O) groups excluding carboxylic acids is 1. The Morgan fingerprint density at radius 3 is 2.54 bits per heavy atom. The summed E-state index contributed by atoms with van der Waals surface area (Å²) >= 11 is 0. The number of phenolic OH excluding ortho intramolecular Hbond substituents is 1. The highest BCUT2D eigenvalue weighted by atomic mass is 19.1. The number of nitrogens with zero attached hydrogens (tertiary/aromatic N) is 2. The quantitative estimate of drug-likeness (QED) is 0.176. The molecule has 0 spiro atoms. The van der Waals surface area contributed by atoms with Crippen LogP contribution in [0, 0.1) is 17.0 Å². The zero-order chi connectivity index (χ0) is 29.7. The molecule has 0 bridgehead atoms. The van der Waals surface area contributed by atoms with Crippen molar-refractivity contribution in [1.82, 2.24) is 4.98 Å². The molecule has 2 aromatic carbocycles. The molecule has 0 amide bonds. The maximum absolute atomic E-state index is 15.7. The van der Waals surface area contributed by atoms with Gasteiger partial charge in [-0.05, 0) is 55.5 Å². The van der Waals surface area contributed by atoms with Gasteiger partial charge in [0.15, 0.2) is 17.6 Å². The van der Waals surface area contributed by atoms with E-state index in [1.54, 1.807) is 50.1 Å². The van der Waals surface area contributed by atoms with Gasteiger partial charge in [0.05, 0.1) is 12.2 Å². The number of pyridine rings is 1. The summed E-state index contributed by atoms with van der Waals surface area (Å²) in [6.07, 6.45) is 2.95. The van der Waals surface area contributed by atoms with Gasteiger partial charge in [0.25, 0.3) is 11.8 Å². The van der Waals surface area contributed by atoms with Gasteiger partial charge in [0.1, 0.15) is 23.3 Å². The van der Waals surface area contributed by atoms with Crippen LogP contribution in [0.5, 0.6) is 34.8 Å². The van der Waals surface area contributed by atoms with E-state index in [2.05, 4.69) is 4.98 Å². The van der Waals surface area contributed by atoms with Crippen LogP contribution in [0.1, 0.15) is 12.5 Å². The van der Waals surface area contributed by atoms with E-state index in [1.165, 1.54) is 42.5 Å². The third-order valence-electron chi connectivity index (χ3n) is 5.72. The van der Waals surface area contributed by atoms with E-state index in [9.17, 15) is 9.90 Å². The number of anilines is 1. The third-order valence-corrected chi connectivity index (χ3v) is 5.72. The van der Waals surface area contributed by atoms with E-state index in [1.807, 2.05) is 0 Å². The second-order valence-electron chi connectivity index (χ2n) is 8.81. The monoisotopic (exact) mass is 564 g/mol. The lowest BCUT2D eigenvalue weighted by Crippen LogP contribution is -2.21. The summed E-state index contributed by atoms with van der Waals surface area (Å²) in [7, 11) is 3.60. The number of phenols is 1. The molecule has 1 aliphatic rings. The molecule has 1 aliphatic carbocycles. The predicted octanol–water partition coefficient (Wildman–Crippen LogP) is 5.00. The fraction of sp³-hybridized carbons (Fsp3) is 0.172. The summed E-state index contributed by atoms with van der Waals surface area (Å²) < 4.78 is 53.6. The second-order valence-corrected chi connectivity index (χ2v) is 8.81. The number of ether oxygens (including phenoxy) is 4. The molecule has 0 radical (unpaired) electrons. The standard InChI is InChI=1S/C29H26F2N4O6/c1-4-38-19-9-11-22(17(12-19)15-36)40-26-24(30)28(39-20-7-5-6-18(14-20)35(2)3)34-29(25(26)31)41-23-13-16(27(32)33)8-10-21(23)37/h5-14,22,37H,4H2,1-3H3,(H3,32,33). The van der Waals surface area contributed by atoms with E-state index >= 15 is 8.78 Å². The number of amidine groups is 1. The van der Waals surface area contributed by atoms with Crippen molar-refractivity contribution in [2.24, 2.45) is 5.73 Å². The molecule has 41 heavy (non-hydrogen) atoms. The Morgan fingerprint density at radius 1 is 1.15 bits per heavy atom. The van der Waals surface area contributed by atoms with Gasteiger partial charge < -0.3 is 34.7 Å². The topological polar surface area (TPSA) is 140 Å². The molecule has 0 saturated heterocycles. The van der Waals surface area contributed by atoms with Crippen LogP contribution >= 0.6 is 0 Å². The first-order chi connectivity index (χ1) is 19.6. The number of nitrogen functional groups attached to an aromatic ring is 1. The van der Waals surface area contributed by atoms with Crippen LogP contribution in [0.2, 0.25) is 0 Å². The molecule has 0 fully saturated rings. The van der Waals surface area contributed by atoms with Crippen LogP contribution in [0.3, 0.4) is 0 Å². The van der Waals surface area contributed by atoms with Crippen molar-refractivity contribution in [1.29, 1.82) is 5.41 Å². The van der Waals surface area contributed by atoms with Gasteiger partial charge in [0, 0.05) is 31.4 Å². The SMILES string of the molecule is CCOC1=CC(=C=O)C(Oc2c(F)c(Oc3cccc(N(C)C)c3)nc(Oc3cc(C(=N)N)ccc3O)c2F)C=C1. The maximum Gasteiger partial charge on any atom is 0.263 e. The van der Waals surface area contributed by atoms with E-state index in [4.69, 9.17) is 30.1 Å². The number of hydrogen-bond acceptors (Lipinski definition) is 9. The Hall–Kier alpha value is -5.35. The minimum Gasteiger partial charge on any atom is -0.504 e. The number of aromatic nitrogens is 1.